The molecule has 0 aliphatic carbocycles. The fraction of sp³-hybridized carbons (Fsp3) is 0.0556. The molecule has 0 saturated heterocycles. The number of hydrogen-bond donors (Lipinski definition) is 1. The number of para-hydroxylation sites is 1. The summed E-state index contributed by atoms with van der Waals surface area (Å²) in [6.45, 7) is -0.267. The van der Waals surface area contributed by atoms with Gasteiger partial charge in [0.25, 0.3) is 11.2 Å². The largest absolute Gasteiger partial charge is 0.324 e. The first-order chi connectivity index (χ1) is 12.5. The zero-order valence-corrected chi connectivity index (χ0v) is 13.5. The summed E-state index contributed by atoms with van der Waals surface area (Å²) in [5.41, 5.74) is 0.934. The Morgan fingerprint density at radius 3 is 2.58 bits per heavy atom. The normalized spacial score (nSPS) is 10.3. The summed E-state index contributed by atoms with van der Waals surface area (Å²) < 4.78 is 1.02. The van der Waals surface area contributed by atoms with Gasteiger partial charge in [0.05, 0.1) is 10.6 Å². The molecule has 0 aliphatic rings. The molecule has 0 atom stereocenters. The number of carbonyl (C=O) groups is 1. The number of hydrogen-bond acceptors (Lipinski definition) is 5. The minimum absolute atomic E-state index is 0.0797. The number of rotatable bonds is 5. The summed E-state index contributed by atoms with van der Waals surface area (Å²) in [5.74, 6) is -0.401. The second-order valence-corrected chi connectivity index (χ2v) is 5.44. The van der Waals surface area contributed by atoms with Crippen molar-refractivity contribution in [2.75, 3.05) is 5.32 Å². The highest BCUT2D eigenvalue weighted by Crippen LogP contribution is 2.21. The van der Waals surface area contributed by atoms with Crippen LogP contribution >= 0.6 is 0 Å². The minimum atomic E-state index is -0.507. The number of nitro benzene ring substituents is 1. The molecule has 0 saturated carbocycles. The van der Waals surface area contributed by atoms with Crippen LogP contribution in [0.2, 0.25) is 0 Å². The number of carbonyl (C=O) groups excluding carboxylic acids is 1. The van der Waals surface area contributed by atoms with Crippen LogP contribution in [0.3, 0.4) is 0 Å². The molecule has 1 amide bonds. The Morgan fingerprint density at radius 2 is 1.85 bits per heavy atom. The molecule has 130 valence electrons. The number of benzene rings is 2. The minimum Gasteiger partial charge on any atom is -0.324 e. The highest BCUT2D eigenvalue weighted by Gasteiger charge is 2.11. The van der Waals surface area contributed by atoms with E-state index >= 15 is 0 Å². The Hall–Kier alpha value is -3.81. The van der Waals surface area contributed by atoms with E-state index in [9.17, 15) is 19.7 Å². The molecule has 0 spiro atoms. The standard InChI is InChI=1S/C18H14N4O4/c23-17(19-14-6-2-1-3-7-14)12-21-18(24)10-9-16(20-21)13-5-4-8-15(11-13)22(25)26/h1-11H,12H2,(H,19,23). The number of nitrogens with zero attached hydrogens (tertiary/aromatic N) is 3. The maximum Gasteiger partial charge on any atom is 0.270 e. The Labute approximate surface area is 147 Å². The van der Waals surface area contributed by atoms with Crippen molar-refractivity contribution >= 4 is 17.3 Å². The molecule has 3 rings (SSSR count). The van der Waals surface area contributed by atoms with Gasteiger partial charge in [-0.3, -0.25) is 19.7 Å². The van der Waals surface area contributed by atoms with Crippen molar-refractivity contribution < 1.29 is 9.72 Å². The molecule has 1 heterocycles. The number of nitrogens with one attached hydrogen (secondary N) is 1. The van der Waals surface area contributed by atoms with Crippen LogP contribution in [0.4, 0.5) is 11.4 Å². The van der Waals surface area contributed by atoms with Crippen LogP contribution in [0.1, 0.15) is 0 Å². The van der Waals surface area contributed by atoms with Gasteiger partial charge in [-0.15, -0.1) is 0 Å². The van der Waals surface area contributed by atoms with Gasteiger partial charge in [0, 0.05) is 29.4 Å². The van der Waals surface area contributed by atoms with E-state index in [0.717, 1.165) is 4.68 Å². The fourth-order valence-corrected chi connectivity index (χ4v) is 2.35. The summed E-state index contributed by atoms with van der Waals surface area (Å²) in [6, 6.07) is 17.5. The zero-order valence-electron chi connectivity index (χ0n) is 13.5. The van der Waals surface area contributed by atoms with E-state index in [1.54, 1.807) is 30.3 Å². The molecule has 2 aromatic carbocycles. The van der Waals surface area contributed by atoms with Crippen LogP contribution in [0.15, 0.2) is 71.5 Å². The van der Waals surface area contributed by atoms with Crippen LogP contribution in [-0.4, -0.2) is 20.6 Å². The Bertz CT molecular complexity index is 1010. The van der Waals surface area contributed by atoms with Gasteiger partial charge in [0.15, 0.2) is 0 Å². The van der Waals surface area contributed by atoms with Gasteiger partial charge in [-0.25, -0.2) is 4.68 Å². The molecule has 1 aromatic heterocycles. The van der Waals surface area contributed by atoms with E-state index in [1.165, 1.54) is 30.3 Å². The second kappa shape index (κ2) is 7.39. The number of non-ortho nitro benzene ring substituents is 1. The molecule has 0 unspecified atom stereocenters. The molecule has 26 heavy (non-hydrogen) atoms. The van der Waals surface area contributed by atoms with Gasteiger partial charge < -0.3 is 5.32 Å². The summed E-state index contributed by atoms with van der Waals surface area (Å²) in [4.78, 5) is 34.5. The van der Waals surface area contributed by atoms with Gasteiger partial charge in [-0.1, -0.05) is 30.3 Å². The fourth-order valence-electron chi connectivity index (χ4n) is 2.35. The van der Waals surface area contributed by atoms with Crippen molar-refractivity contribution in [1.29, 1.82) is 0 Å². The molecule has 0 aliphatic heterocycles. The van der Waals surface area contributed by atoms with E-state index in [4.69, 9.17) is 0 Å². The third-order valence-electron chi connectivity index (χ3n) is 3.57. The molecule has 8 nitrogen and oxygen atoms in total. The van der Waals surface area contributed by atoms with Crippen molar-refractivity contribution in [3.05, 3.63) is 87.2 Å². The van der Waals surface area contributed by atoms with Crippen molar-refractivity contribution in [2.24, 2.45) is 0 Å². The third-order valence-corrected chi connectivity index (χ3v) is 3.57. The van der Waals surface area contributed by atoms with Gasteiger partial charge >= 0.3 is 0 Å². The summed E-state index contributed by atoms with van der Waals surface area (Å²) in [5, 5.41) is 17.7. The van der Waals surface area contributed by atoms with Crippen LogP contribution in [0.5, 0.6) is 0 Å². The Morgan fingerprint density at radius 1 is 1.08 bits per heavy atom. The number of anilines is 1. The van der Waals surface area contributed by atoms with Crippen LogP contribution in [-0.2, 0) is 11.3 Å². The first-order valence-electron chi connectivity index (χ1n) is 7.71. The number of nitro groups is 1. The number of aromatic nitrogens is 2. The van der Waals surface area contributed by atoms with Crippen LogP contribution in [0, 0.1) is 10.1 Å². The third kappa shape index (κ3) is 3.99. The summed E-state index contributed by atoms with van der Waals surface area (Å²) in [7, 11) is 0. The lowest BCUT2D eigenvalue weighted by atomic mass is 10.1. The van der Waals surface area contributed by atoms with Gasteiger partial charge in [0.1, 0.15) is 6.54 Å². The van der Waals surface area contributed by atoms with E-state index in [0.29, 0.717) is 16.9 Å². The number of amides is 1. The molecular formula is C18H14N4O4. The lowest BCUT2D eigenvalue weighted by molar-refractivity contribution is -0.384. The molecular weight excluding hydrogens is 336 g/mol. The average Bonchev–Trinajstić information content (AvgIpc) is 2.64. The molecule has 0 radical (unpaired) electrons. The second-order valence-electron chi connectivity index (χ2n) is 5.44. The predicted molar refractivity (Wildman–Crippen MR) is 95.7 cm³/mol. The summed E-state index contributed by atoms with van der Waals surface area (Å²) >= 11 is 0. The van der Waals surface area contributed by atoms with Gasteiger partial charge in [0.2, 0.25) is 5.91 Å². The molecule has 1 N–H and O–H groups in total. The zero-order chi connectivity index (χ0) is 18.5. The first-order valence-corrected chi connectivity index (χ1v) is 7.71. The van der Waals surface area contributed by atoms with Gasteiger partial charge in [-0.2, -0.15) is 5.10 Å². The lowest BCUT2D eigenvalue weighted by Gasteiger charge is -2.08. The molecule has 0 bridgehead atoms. The molecule has 8 heteroatoms. The van der Waals surface area contributed by atoms with E-state index in [1.807, 2.05) is 6.07 Å². The van der Waals surface area contributed by atoms with Crippen molar-refractivity contribution in [3.8, 4) is 11.3 Å². The average molecular weight is 350 g/mol. The quantitative estimate of drug-likeness (QED) is 0.562. The maximum absolute atomic E-state index is 12.1. The topological polar surface area (TPSA) is 107 Å². The van der Waals surface area contributed by atoms with Crippen molar-refractivity contribution in [1.82, 2.24) is 9.78 Å². The highest BCUT2D eigenvalue weighted by atomic mass is 16.6. The van der Waals surface area contributed by atoms with E-state index in [2.05, 4.69) is 10.4 Å². The molecule has 3 aromatic rings. The Balaban J connectivity index is 1.84. The summed E-state index contributed by atoms with van der Waals surface area (Å²) in [6.07, 6.45) is 0. The maximum atomic E-state index is 12.1. The van der Waals surface area contributed by atoms with Crippen LogP contribution < -0.4 is 10.9 Å². The predicted octanol–water partition coefficient (Wildman–Crippen LogP) is 2.46. The van der Waals surface area contributed by atoms with Crippen LogP contribution in [0.25, 0.3) is 11.3 Å². The Kier molecular flexibility index (Phi) is 4.84. The van der Waals surface area contributed by atoms with Crippen molar-refractivity contribution in [3.63, 3.8) is 0 Å². The van der Waals surface area contributed by atoms with Crippen molar-refractivity contribution in [2.45, 2.75) is 6.54 Å². The monoisotopic (exact) mass is 350 g/mol. The first kappa shape index (κ1) is 17.0. The van der Waals surface area contributed by atoms with E-state index in [-0.39, 0.29) is 12.2 Å². The SMILES string of the molecule is O=C(Cn1nc(-c2cccc([N+](=O)[O-])c2)ccc1=O)Nc1ccccc1. The smallest absolute Gasteiger partial charge is 0.270 e. The lowest BCUT2D eigenvalue weighted by Crippen LogP contribution is -2.29. The molecule has 0 fully saturated rings. The van der Waals surface area contributed by atoms with Gasteiger partial charge in [-0.05, 0) is 18.2 Å². The highest BCUT2D eigenvalue weighted by molar-refractivity contribution is 5.90. The van der Waals surface area contributed by atoms with E-state index < -0.39 is 16.4 Å².